The second kappa shape index (κ2) is 9.60. The highest BCUT2D eigenvalue weighted by Gasteiger charge is 2.35. The van der Waals surface area contributed by atoms with E-state index in [1.54, 1.807) is 18.1 Å². The Bertz CT molecular complexity index is 931. The highest BCUT2D eigenvalue weighted by atomic mass is 16.5. The highest BCUT2D eigenvalue weighted by Crippen LogP contribution is 2.39. The van der Waals surface area contributed by atoms with E-state index < -0.39 is 0 Å². The van der Waals surface area contributed by atoms with Crippen LogP contribution in [0.4, 0.5) is 5.69 Å². The first-order chi connectivity index (χ1) is 14.5. The number of carbonyl (C=O) groups excluding carboxylic acids is 2. The molecule has 3 N–H and O–H groups in total. The summed E-state index contributed by atoms with van der Waals surface area (Å²) in [6.45, 7) is 4.51. The number of rotatable bonds is 9. The van der Waals surface area contributed by atoms with Crippen LogP contribution >= 0.6 is 0 Å². The molecule has 0 aliphatic carbocycles. The second-order valence-corrected chi connectivity index (χ2v) is 7.01. The fourth-order valence-corrected chi connectivity index (χ4v) is 3.80. The van der Waals surface area contributed by atoms with Gasteiger partial charge in [-0.3, -0.25) is 9.59 Å². The van der Waals surface area contributed by atoms with Crippen LogP contribution in [-0.4, -0.2) is 42.2 Å². The minimum atomic E-state index is -0.306. The van der Waals surface area contributed by atoms with E-state index in [-0.39, 0.29) is 17.9 Å². The number of ether oxygens (including phenoxy) is 2. The van der Waals surface area contributed by atoms with Gasteiger partial charge in [-0.25, -0.2) is 5.48 Å². The van der Waals surface area contributed by atoms with E-state index in [2.05, 4.69) is 10.8 Å². The fraction of sp³-hybridized carbons (Fsp3) is 0.364. The first-order valence-corrected chi connectivity index (χ1v) is 9.88. The van der Waals surface area contributed by atoms with Gasteiger partial charge in [-0.15, -0.1) is 0 Å². The van der Waals surface area contributed by atoms with Crippen molar-refractivity contribution >= 4 is 17.5 Å². The topological polar surface area (TPSA) is 100 Å². The summed E-state index contributed by atoms with van der Waals surface area (Å²) >= 11 is 0. The molecule has 30 heavy (non-hydrogen) atoms. The van der Waals surface area contributed by atoms with Crippen LogP contribution in [0.1, 0.15) is 47.8 Å². The average molecular weight is 413 g/mol. The van der Waals surface area contributed by atoms with Crippen LogP contribution in [0.15, 0.2) is 36.4 Å². The number of methoxy groups -OCH3 is 1. The monoisotopic (exact) mass is 413 g/mol. The second-order valence-electron chi connectivity index (χ2n) is 7.01. The molecule has 2 aromatic rings. The Morgan fingerprint density at radius 1 is 1.27 bits per heavy atom. The number of nitrogens with zero attached hydrogens (tertiary/aromatic N) is 1. The molecular formula is C22H27N3O5. The SMILES string of the molecule is CCOc1cc(C(CCNO)N2Cc3cccc(NC(C)=O)c3C2=O)ccc1OC. The van der Waals surface area contributed by atoms with Crippen LogP contribution in [0, 0.1) is 0 Å². The molecule has 0 bridgehead atoms. The molecule has 1 unspecified atom stereocenters. The normalized spacial score (nSPS) is 13.7. The number of fused-ring (bicyclic) bond motifs is 1. The van der Waals surface area contributed by atoms with Crippen molar-refractivity contribution in [2.75, 3.05) is 25.6 Å². The van der Waals surface area contributed by atoms with Gasteiger partial charge in [-0.05, 0) is 42.7 Å². The summed E-state index contributed by atoms with van der Waals surface area (Å²) in [4.78, 5) is 26.7. The number of hydrogen-bond donors (Lipinski definition) is 3. The summed E-state index contributed by atoms with van der Waals surface area (Å²) in [7, 11) is 1.58. The number of hydrogen-bond acceptors (Lipinski definition) is 6. The standard InChI is InChI=1S/C22H27N3O5/c1-4-30-20-12-15(8-9-19(20)29-3)18(10-11-23-28)25-13-16-6-5-7-17(24-14(2)26)21(16)22(25)27/h5-9,12,18,23,28H,4,10-11,13H2,1-3H3,(H,24,26). The average Bonchev–Trinajstić information content (AvgIpc) is 3.06. The molecule has 3 rings (SSSR count). The van der Waals surface area contributed by atoms with Gasteiger partial charge < -0.3 is 24.9 Å². The zero-order valence-electron chi connectivity index (χ0n) is 17.4. The van der Waals surface area contributed by atoms with Gasteiger partial charge in [-0.2, -0.15) is 0 Å². The predicted octanol–water partition coefficient (Wildman–Crippen LogP) is 3.12. The van der Waals surface area contributed by atoms with Crippen molar-refractivity contribution in [2.45, 2.75) is 32.9 Å². The van der Waals surface area contributed by atoms with Crippen LogP contribution in [0.2, 0.25) is 0 Å². The Morgan fingerprint density at radius 3 is 2.73 bits per heavy atom. The Labute approximate surface area is 175 Å². The van der Waals surface area contributed by atoms with Crippen molar-refractivity contribution in [2.24, 2.45) is 0 Å². The maximum absolute atomic E-state index is 13.3. The first-order valence-electron chi connectivity index (χ1n) is 9.88. The number of anilines is 1. The maximum Gasteiger partial charge on any atom is 0.257 e. The van der Waals surface area contributed by atoms with Gasteiger partial charge in [0.05, 0.1) is 31.0 Å². The number of amides is 2. The van der Waals surface area contributed by atoms with Gasteiger partial charge in [0, 0.05) is 20.0 Å². The lowest BCUT2D eigenvalue weighted by Gasteiger charge is -2.29. The molecule has 8 heteroatoms. The molecule has 1 aliphatic heterocycles. The third kappa shape index (κ3) is 4.39. The molecule has 0 radical (unpaired) electrons. The molecule has 1 atom stereocenters. The molecule has 0 aromatic heterocycles. The molecule has 0 saturated carbocycles. The smallest absolute Gasteiger partial charge is 0.257 e. The molecule has 1 aliphatic rings. The molecule has 8 nitrogen and oxygen atoms in total. The third-order valence-corrected chi connectivity index (χ3v) is 5.05. The van der Waals surface area contributed by atoms with Crippen molar-refractivity contribution in [1.82, 2.24) is 10.4 Å². The van der Waals surface area contributed by atoms with E-state index in [9.17, 15) is 9.59 Å². The molecule has 0 fully saturated rings. The van der Waals surface area contributed by atoms with Crippen LogP contribution in [0.5, 0.6) is 11.5 Å². The van der Waals surface area contributed by atoms with Crippen LogP contribution in [0.25, 0.3) is 0 Å². The molecule has 1 heterocycles. The number of nitrogens with one attached hydrogen (secondary N) is 2. The predicted molar refractivity (Wildman–Crippen MR) is 112 cm³/mol. The quantitative estimate of drug-likeness (QED) is 0.546. The van der Waals surface area contributed by atoms with E-state index in [1.807, 2.05) is 37.3 Å². The van der Waals surface area contributed by atoms with Crippen molar-refractivity contribution < 1.29 is 24.3 Å². The van der Waals surface area contributed by atoms with Crippen LogP contribution in [0.3, 0.4) is 0 Å². The molecule has 2 aromatic carbocycles. The lowest BCUT2D eigenvalue weighted by Crippen LogP contribution is -2.31. The van der Waals surface area contributed by atoms with E-state index in [0.29, 0.717) is 48.9 Å². The Kier molecular flexibility index (Phi) is 6.91. The van der Waals surface area contributed by atoms with E-state index in [4.69, 9.17) is 14.7 Å². The Morgan fingerprint density at radius 2 is 2.07 bits per heavy atom. The fourth-order valence-electron chi connectivity index (χ4n) is 3.80. The minimum Gasteiger partial charge on any atom is -0.493 e. The summed E-state index contributed by atoms with van der Waals surface area (Å²) in [5, 5.41) is 11.9. The van der Waals surface area contributed by atoms with E-state index in [0.717, 1.165) is 11.1 Å². The van der Waals surface area contributed by atoms with E-state index >= 15 is 0 Å². The van der Waals surface area contributed by atoms with Crippen LogP contribution < -0.4 is 20.3 Å². The Hall–Kier alpha value is -3.10. The number of benzene rings is 2. The van der Waals surface area contributed by atoms with Crippen LogP contribution in [-0.2, 0) is 11.3 Å². The van der Waals surface area contributed by atoms with Crippen molar-refractivity contribution in [1.29, 1.82) is 0 Å². The lowest BCUT2D eigenvalue weighted by atomic mass is 10.0. The summed E-state index contributed by atoms with van der Waals surface area (Å²) in [5.41, 5.74) is 4.92. The third-order valence-electron chi connectivity index (χ3n) is 5.05. The summed E-state index contributed by atoms with van der Waals surface area (Å²) in [6.07, 6.45) is 0.490. The molecular weight excluding hydrogens is 386 g/mol. The summed E-state index contributed by atoms with van der Waals surface area (Å²) < 4.78 is 11.1. The van der Waals surface area contributed by atoms with Crippen molar-refractivity contribution in [3.8, 4) is 11.5 Å². The van der Waals surface area contributed by atoms with Gasteiger partial charge in [0.15, 0.2) is 11.5 Å². The largest absolute Gasteiger partial charge is 0.493 e. The van der Waals surface area contributed by atoms with Gasteiger partial charge in [-0.1, -0.05) is 18.2 Å². The van der Waals surface area contributed by atoms with Gasteiger partial charge in [0.1, 0.15) is 0 Å². The first kappa shape index (κ1) is 21.6. The van der Waals surface area contributed by atoms with Gasteiger partial charge >= 0.3 is 0 Å². The van der Waals surface area contributed by atoms with Gasteiger partial charge in [0.25, 0.3) is 5.91 Å². The molecule has 0 spiro atoms. The zero-order chi connectivity index (χ0) is 21.7. The van der Waals surface area contributed by atoms with Crippen molar-refractivity contribution in [3.63, 3.8) is 0 Å². The highest BCUT2D eigenvalue weighted by molar-refractivity contribution is 6.06. The summed E-state index contributed by atoms with van der Waals surface area (Å²) in [6, 6.07) is 10.7. The van der Waals surface area contributed by atoms with Crippen molar-refractivity contribution in [3.05, 3.63) is 53.1 Å². The van der Waals surface area contributed by atoms with E-state index in [1.165, 1.54) is 6.92 Å². The number of carbonyl (C=O) groups is 2. The maximum atomic E-state index is 13.3. The molecule has 160 valence electrons. The van der Waals surface area contributed by atoms with Gasteiger partial charge in [0.2, 0.25) is 5.91 Å². The molecule has 2 amide bonds. The zero-order valence-corrected chi connectivity index (χ0v) is 17.4. The Balaban J connectivity index is 1.98. The number of hydroxylamine groups is 1. The lowest BCUT2D eigenvalue weighted by molar-refractivity contribution is -0.114. The summed E-state index contributed by atoms with van der Waals surface area (Å²) in [5.74, 6) is 0.824. The molecule has 0 saturated heterocycles. The minimum absolute atomic E-state index is 0.161.